The maximum Gasteiger partial charge on any atom is 0.187 e. The van der Waals surface area contributed by atoms with Gasteiger partial charge in [-0.15, -0.1) is 0 Å². The number of hydrogen-bond donors (Lipinski definition) is 8. The molecule has 0 radical (unpaired) electrons. The van der Waals surface area contributed by atoms with Crippen LogP contribution in [0.1, 0.15) is 19.3 Å². The topological polar surface area (TPSA) is 364 Å². The lowest BCUT2D eigenvalue weighted by molar-refractivity contribution is -0.309. The van der Waals surface area contributed by atoms with Gasteiger partial charge in [-0.25, -0.2) is 0 Å². The number of azide groups is 3. The molecule has 0 bridgehead atoms. The molecular formula is C23H37N9O14. The number of rotatable bonds is 12. The van der Waals surface area contributed by atoms with Gasteiger partial charge < -0.3 is 69.3 Å². The van der Waals surface area contributed by atoms with E-state index in [2.05, 4.69) is 30.1 Å². The van der Waals surface area contributed by atoms with Crippen LogP contribution in [-0.4, -0.2) is 165 Å². The molecule has 3 aliphatic heterocycles. The van der Waals surface area contributed by atoms with E-state index in [0.717, 1.165) is 0 Å². The zero-order valence-electron chi connectivity index (χ0n) is 24.1. The monoisotopic (exact) mass is 663 g/mol. The van der Waals surface area contributed by atoms with E-state index in [1.54, 1.807) is 0 Å². The van der Waals surface area contributed by atoms with Gasteiger partial charge in [0.05, 0.1) is 56.3 Å². The second-order valence-electron chi connectivity index (χ2n) is 11.1. The van der Waals surface area contributed by atoms with Gasteiger partial charge in [0.2, 0.25) is 0 Å². The molecule has 23 heteroatoms. The average molecular weight is 664 g/mol. The van der Waals surface area contributed by atoms with Gasteiger partial charge in [-0.1, -0.05) is 15.3 Å². The summed E-state index contributed by atoms with van der Waals surface area (Å²) in [4.78, 5) is 8.04. The maximum absolute atomic E-state index is 11.1. The SMILES string of the molecule is [N-]=[N+]=NC[C@@H]1O[C@H](O[C@@H]2C(O)[C@H](O[C@@H]3C(O)CCC(N=[N+]=[N-])[C@H]3O[C@H]3OC(CO)[C@@H](O)[C@H](O)C3N=[N+]=[N-])O[C@@H]2CO)CC(O)[C@@H]1O. The fourth-order valence-electron chi connectivity index (χ4n) is 5.88. The number of ether oxygens (including phenoxy) is 6. The highest BCUT2D eigenvalue weighted by Gasteiger charge is 2.53. The molecule has 4 aliphatic rings. The minimum atomic E-state index is -1.74. The van der Waals surface area contributed by atoms with E-state index < -0.39 is 117 Å². The van der Waals surface area contributed by atoms with Gasteiger partial charge in [-0.3, -0.25) is 0 Å². The molecule has 1 aliphatic carbocycles. The van der Waals surface area contributed by atoms with Gasteiger partial charge in [0, 0.05) is 21.2 Å². The van der Waals surface area contributed by atoms with E-state index in [1.807, 2.05) is 0 Å². The lowest BCUT2D eigenvalue weighted by Gasteiger charge is -2.45. The molecule has 3 heterocycles. The van der Waals surface area contributed by atoms with Crippen molar-refractivity contribution in [1.29, 1.82) is 0 Å². The summed E-state index contributed by atoms with van der Waals surface area (Å²) in [5, 5.41) is 93.4. The highest BCUT2D eigenvalue weighted by atomic mass is 16.8. The zero-order chi connectivity index (χ0) is 33.5. The third-order valence-electron chi connectivity index (χ3n) is 8.30. The quantitative estimate of drug-likeness (QED) is 0.0599. The van der Waals surface area contributed by atoms with E-state index in [-0.39, 0.29) is 25.8 Å². The highest BCUT2D eigenvalue weighted by Crippen LogP contribution is 2.36. The summed E-state index contributed by atoms with van der Waals surface area (Å²) in [6.07, 6.45) is -21.7. The summed E-state index contributed by atoms with van der Waals surface area (Å²) in [6.45, 7) is -1.78. The minimum Gasteiger partial charge on any atom is -0.394 e. The predicted molar refractivity (Wildman–Crippen MR) is 145 cm³/mol. The number of aliphatic hydroxyl groups excluding tert-OH is 8. The van der Waals surface area contributed by atoms with Crippen LogP contribution >= 0.6 is 0 Å². The molecule has 46 heavy (non-hydrogen) atoms. The van der Waals surface area contributed by atoms with Crippen molar-refractivity contribution in [2.45, 2.75) is 123 Å². The van der Waals surface area contributed by atoms with Crippen LogP contribution in [0, 0.1) is 0 Å². The summed E-state index contributed by atoms with van der Waals surface area (Å²) in [5.74, 6) is 0. The smallest absolute Gasteiger partial charge is 0.187 e. The Morgan fingerprint density at radius 2 is 1.30 bits per heavy atom. The third-order valence-corrected chi connectivity index (χ3v) is 8.30. The van der Waals surface area contributed by atoms with Crippen molar-refractivity contribution in [3.05, 3.63) is 31.3 Å². The highest BCUT2D eigenvalue weighted by molar-refractivity contribution is 5.00. The third kappa shape index (κ3) is 7.90. The summed E-state index contributed by atoms with van der Waals surface area (Å²) >= 11 is 0. The first-order valence-corrected chi connectivity index (χ1v) is 14.4. The first-order chi connectivity index (χ1) is 22.1. The molecule has 4 rings (SSSR count). The molecule has 0 spiro atoms. The van der Waals surface area contributed by atoms with Crippen molar-refractivity contribution in [1.82, 2.24) is 0 Å². The molecule has 17 atom stereocenters. The zero-order valence-corrected chi connectivity index (χ0v) is 24.1. The Hall–Kier alpha value is -2.63. The van der Waals surface area contributed by atoms with Gasteiger partial charge in [-0.2, -0.15) is 0 Å². The van der Waals surface area contributed by atoms with Crippen molar-refractivity contribution >= 4 is 0 Å². The fourth-order valence-corrected chi connectivity index (χ4v) is 5.88. The van der Waals surface area contributed by atoms with Gasteiger partial charge in [0.1, 0.15) is 48.8 Å². The largest absolute Gasteiger partial charge is 0.394 e. The van der Waals surface area contributed by atoms with E-state index >= 15 is 0 Å². The molecular weight excluding hydrogens is 626 g/mol. The number of aliphatic hydroxyl groups is 8. The normalized spacial score (nSPS) is 46.0. The van der Waals surface area contributed by atoms with E-state index in [9.17, 15) is 46.4 Å². The first-order valence-electron chi connectivity index (χ1n) is 14.4. The molecule has 4 fully saturated rings. The second-order valence-corrected chi connectivity index (χ2v) is 11.1. The lowest BCUT2D eigenvalue weighted by Crippen LogP contribution is -2.62. The predicted octanol–water partition coefficient (Wildman–Crippen LogP) is -2.68. The number of hydrogen-bond acceptors (Lipinski definition) is 17. The Bertz CT molecular complexity index is 1160. The van der Waals surface area contributed by atoms with Crippen molar-refractivity contribution < 1.29 is 69.3 Å². The average Bonchev–Trinajstić information content (AvgIpc) is 3.33. The molecule has 8 N–H and O–H groups in total. The molecule has 1 saturated carbocycles. The van der Waals surface area contributed by atoms with Gasteiger partial charge >= 0.3 is 0 Å². The van der Waals surface area contributed by atoms with Crippen LogP contribution in [0.15, 0.2) is 15.3 Å². The van der Waals surface area contributed by atoms with Crippen LogP contribution < -0.4 is 0 Å². The fraction of sp³-hybridized carbons (Fsp3) is 1.00. The van der Waals surface area contributed by atoms with Crippen molar-refractivity contribution in [2.75, 3.05) is 19.8 Å². The Kier molecular flexibility index (Phi) is 13.0. The van der Waals surface area contributed by atoms with Gasteiger partial charge in [0.25, 0.3) is 0 Å². The Morgan fingerprint density at radius 3 is 1.96 bits per heavy atom. The summed E-state index contributed by atoms with van der Waals surface area (Å²) < 4.78 is 34.5. The molecule has 23 nitrogen and oxygen atoms in total. The van der Waals surface area contributed by atoms with Gasteiger partial charge in [-0.05, 0) is 29.4 Å². The van der Waals surface area contributed by atoms with Crippen molar-refractivity contribution in [2.24, 2.45) is 15.3 Å². The summed E-state index contributed by atoms with van der Waals surface area (Å²) in [5.41, 5.74) is 26.8. The van der Waals surface area contributed by atoms with E-state index in [4.69, 9.17) is 39.5 Å². The second kappa shape index (κ2) is 16.5. The Morgan fingerprint density at radius 1 is 0.630 bits per heavy atom. The minimum absolute atomic E-state index is 0.0228. The summed E-state index contributed by atoms with van der Waals surface area (Å²) in [7, 11) is 0. The van der Waals surface area contributed by atoms with Gasteiger partial charge in [0.15, 0.2) is 18.9 Å². The van der Waals surface area contributed by atoms with Crippen LogP contribution in [0.5, 0.6) is 0 Å². The molecule has 0 amide bonds. The molecule has 0 aromatic rings. The lowest BCUT2D eigenvalue weighted by atomic mass is 9.87. The first kappa shape index (κ1) is 36.2. The molecule has 3 saturated heterocycles. The molecule has 0 aromatic carbocycles. The Labute approximate surface area is 259 Å². The maximum atomic E-state index is 11.1. The number of nitrogens with zero attached hydrogens (tertiary/aromatic N) is 9. The van der Waals surface area contributed by atoms with Crippen LogP contribution in [0.4, 0.5) is 0 Å². The van der Waals surface area contributed by atoms with Crippen molar-refractivity contribution in [3.8, 4) is 0 Å². The van der Waals surface area contributed by atoms with Crippen LogP contribution in [-0.2, 0) is 28.4 Å². The molecule has 6 unspecified atom stereocenters. The van der Waals surface area contributed by atoms with Crippen LogP contribution in [0.3, 0.4) is 0 Å². The van der Waals surface area contributed by atoms with Crippen LogP contribution in [0.2, 0.25) is 0 Å². The standard InChI is InChI=1S/C23H37N9O14/c24-30-27-4-10-15(37)9(36)3-13(41-10)44-21-12(6-34)43-23(18(21)40)46-20-8(35)2-1-7(28-31-25)19(20)45-22-14(29-32-26)17(39)16(38)11(5-33)42-22/h7-23,33-40H,1-6H2/t7?,8?,9?,10-,11?,12+,13+,14?,15-,16+,17+,18?,19+,20+,21-,22+,23-/m0/s1. The van der Waals surface area contributed by atoms with E-state index in [0.29, 0.717) is 0 Å². The van der Waals surface area contributed by atoms with E-state index in [1.165, 1.54) is 0 Å². The van der Waals surface area contributed by atoms with Crippen LogP contribution in [0.25, 0.3) is 31.3 Å². The van der Waals surface area contributed by atoms with Crippen molar-refractivity contribution in [3.63, 3.8) is 0 Å². The molecule has 258 valence electrons. The summed E-state index contributed by atoms with van der Waals surface area (Å²) in [6, 6.07) is -2.59. The molecule has 0 aromatic heterocycles. The Balaban J connectivity index is 1.53.